The highest BCUT2D eigenvalue weighted by molar-refractivity contribution is 5.88. The molecule has 0 aromatic rings. The average molecular weight is 977 g/mol. The zero-order valence-electron chi connectivity index (χ0n) is 37.5. The Bertz CT molecular complexity index is 1730. The van der Waals surface area contributed by atoms with Crippen molar-refractivity contribution in [1.82, 2.24) is 0 Å². The molecule has 0 saturated carbocycles. The molecule has 0 aliphatic carbocycles. The van der Waals surface area contributed by atoms with Crippen LogP contribution in [0.15, 0.2) is 83.1 Å². The van der Waals surface area contributed by atoms with E-state index in [9.17, 15) is 81.1 Å². The van der Waals surface area contributed by atoms with Gasteiger partial charge in [0.1, 0.15) is 97.7 Å². The molecule has 0 amide bonds. The minimum Gasteiger partial charge on any atom is -0.429 e. The Hall–Kier alpha value is -3.68. The van der Waals surface area contributed by atoms with Gasteiger partial charge in [0.25, 0.3) is 0 Å². The van der Waals surface area contributed by atoms with Gasteiger partial charge >= 0.3 is 11.9 Å². The van der Waals surface area contributed by atoms with Crippen molar-refractivity contribution in [3.63, 3.8) is 0 Å². The summed E-state index contributed by atoms with van der Waals surface area (Å²) in [5.41, 5.74) is 1.68. The lowest BCUT2D eigenvalue weighted by Crippen LogP contribution is -2.61. The van der Waals surface area contributed by atoms with Crippen molar-refractivity contribution in [2.75, 3.05) is 26.4 Å². The van der Waals surface area contributed by atoms with Crippen LogP contribution in [0.2, 0.25) is 0 Å². The normalized spacial score (nSPS) is 40.3. The monoisotopic (exact) mass is 976 g/mol. The maximum atomic E-state index is 12.8. The number of carbonyl (C=O) groups excluding carboxylic acids is 2. The van der Waals surface area contributed by atoms with E-state index in [1.54, 1.807) is 62.5 Å². The Kier molecular flexibility index (Phi) is 22.2. The SMILES string of the molecule is CC(/C=C/C=C(\C)C(=O)O[C@@H]1O[C@H](CO[C@@H]2O[C@H](CO)[C@@H](O)[C@H](O)[C@H]2O)[C@@H](O)[C@H](O)C1O)=C\C=C\C=C(C)\C=C\C=C(/C)C(=O)O[C@@H]1O[C@H](CO[C@@H]2O[C@H](CO)[C@@H](O)[C@H](O)[C@H]2O)[C@@H](O)[C@H](O)[C@H]1O. The Balaban J connectivity index is 1.23. The van der Waals surface area contributed by atoms with Crippen molar-refractivity contribution in [2.24, 2.45) is 0 Å². The molecule has 20 atom stereocenters. The third-order valence-electron chi connectivity index (χ3n) is 11.2. The van der Waals surface area contributed by atoms with Crippen LogP contribution >= 0.6 is 0 Å². The van der Waals surface area contributed by atoms with Crippen LogP contribution in [0.5, 0.6) is 0 Å². The number of esters is 2. The van der Waals surface area contributed by atoms with Gasteiger partial charge in [0.15, 0.2) is 12.6 Å². The van der Waals surface area contributed by atoms with Gasteiger partial charge < -0.3 is 109 Å². The number of allylic oxidation sites excluding steroid dienone is 12. The maximum Gasteiger partial charge on any atom is 0.336 e. The molecule has 0 aromatic heterocycles. The molecule has 24 nitrogen and oxygen atoms in total. The van der Waals surface area contributed by atoms with Gasteiger partial charge in [-0.15, -0.1) is 0 Å². The Morgan fingerprint density at radius 2 is 0.691 bits per heavy atom. The molecule has 24 heteroatoms. The molecule has 68 heavy (non-hydrogen) atoms. The van der Waals surface area contributed by atoms with E-state index in [-0.39, 0.29) is 11.1 Å². The molecule has 14 N–H and O–H groups in total. The van der Waals surface area contributed by atoms with Crippen molar-refractivity contribution in [3.8, 4) is 0 Å². The van der Waals surface area contributed by atoms with Gasteiger partial charge in [-0.25, -0.2) is 9.59 Å². The largest absolute Gasteiger partial charge is 0.429 e. The highest BCUT2D eigenvalue weighted by Crippen LogP contribution is 2.28. The number of aliphatic hydroxyl groups is 14. The third kappa shape index (κ3) is 14.9. The van der Waals surface area contributed by atoms with E-state index in [0.29, 0.717) is 0 Å². The van der Waals surface area contributed by atoms with Crippen LogP contribution in [-0.2, 0) is 47.5 Å². The summed E-state index contributed by atoms with van der Waals surface area (Å²) >= 11 is 0. The standard InChI is InChI=1S/C44H64O24/c1-19(11-7-13-21(3)39(59)67-43-37(57)33(53)29(49)25(65-43)17-61-41-35(55)31(51)27(47)23(15-45)63-41)9-5-6-10-20(2)12-8-14-22(4)40(60)68-44-38(58)34(54)30(50)26(66-44)18-62-42-36(56)32(52)28(48)24(16-46)64-42/h5-14,23-38,41-58H,15-18H2,1-4H3/b6-5+,11-7+,12-8+,19-9+,20-10+,21-13+,22-14+/t23-,24-,25-,26-,27-,28-,29-,30-,31+,32+,33+,34+,35-,36-,37-,38?,41-,42-,43+,44+/m1/s1. The van der Waals surface area contributed by atoms with Gasteiger partial charge in [-0.3, -0.25) is 0 Å². The van der Waals surface area contributed by atoms with Crippen LogP contribution in [-0.4, -0.2) is 233 Å². The first-order chi connectivity index (χ1) is 32.1. The van der Waals surface area contributed by atoms with Crippen LogP contribution in [0, 0.1) is 0 Å². The van der Waals surface area contributed by atoms with Crippen molar-refractivity contribution < 1.29 is 119 Å². The quantitative estimate of drug-likeness (QED) is 0.0347. The lowest BCUT2D eigenvalue weighted by atomic mass is 9.98. The zero-order chi connectivity index (χ0) is 50.6. The van der Waals surface area contributed by atoms with Gasteiger partial charge in [-0.05, 0) is 27.7 Å². The molecule has 4 fully saturated rings. The van der Waals surface area contributed by atoms with Crippen LogP contribution in [0.3, 0.4) is 0 Å². The van der Waals surface area contributed by atoms with Crippen LogP contribution in [0.4, 0.5) is 0 Å². The van der Waals surface area contributed by atoms with Crippen LogP contribution in [0.1, 0.15) is 27.7 Å². The highest BCUT2D eigenvalue weighted by Gasteiger charge is 2.50. The summed E-state index contributed by atoms with van der Waals surface area (Å²) in [7, 11) is 0. The Morgan fingerprint density at radius 3 is 1.01 bits per heavy atom. The van der Waals surface area contributed by atoms with E-state index >= 15 is 0 Å². The number of hydrogen-bond acceptors (Lipinski definition) is 24. The minimum absolute atomic E-state index is 0.0726. The Morgan fingerprint density at radius 1 is 0.397 bits per heavy atom. The molecule has 0 aromatic carbocycles. The van der Waals surface area contributed by atoms with E-state index < -0.39 is 161 Å². The first-order valence-corrected chi connectivity index (χ1v) is 21.5. The molecular weight excluding hydrogens is 912 g/mol. The molecule has 0 spiro atoms. The number of rotatable bonds is 18. The smallest absolute Gasteiger partial charge is 0.336 e. The van der Waals surface area contributed by atoms with E-state index in [1.165, 1.54) is 26.0 Å². The summed E-state index contributed by atoms with van der Waals surface area (Å²) in [4.78, 5) is 25.6. The third-order valence-corrected chi connectivity index (χ3v) is 11.2. The molecule has 4 aliphatic heterocycles. The lowest BCUT2D eigenvalue weighted by Gasteiger charge is -2.42. The number of carbonyl (C=O) groups is 2. The molecule has 0 radical (unpaired) electrons. The summed E-state index contributed by atoms with van der Waals surface area (Å²) in [6.07, 6.45) is -16.8. The topological polar surface area (TPSA) is 391 Å². The summed E-state index contributed by atoms with van der Waals surface area (Å²) in [5, 5.41) is 142. The predicted molar refractivity (Wildman–Crippen MR) is 227 cm³/mol. The summed E-state index contributed by atoms with van der Waals surface area (Å²) in [6.45, 7) is 3.80. The number of hydrogen-bond donors (Lipinski definition) is 14. The first-order valence-electron chi connectivity index (χ1n) is 21.5. The molecular formula is C44H64O24. The van der Waals surface area contributed by atoms with Crippen molar-refractivity contribution >= 4 is 11.9 Å². The Labute approximate surface area is 390 Å². The van der Waals surface area contributed by atoms with Gasteiger partial charge in [0.2, 0.25) is 12.6 Å². The molecule has 4 rings (SSSR count). The zero-order valence-corrected chi connectivity index (χ0v) is 37.5. The van der Waals surface area contributed by atoms with Gasteiger partial charge in [0, 0.05) is 11.1 Å². The summed E-state index contributed by atoms with van der Waals surface area (Å²) in [5.74, 6) is -1.86. The molecule has 4 saturated heterocycles. The predicted octanol–water partition coefficient (Wildman–Crippen LogP) is -5.23. The second kappa shape index (κ2) is 26.5. The lowest BCUT2D eigenvalue weighted by molar-refractivity contribution is -0.326. The van der Waals surface area contributed by atoms with Gasteiger partial charge in [-0.1, -0.05) is 71.9 Å². The molecule has 4 heterocycles. The number of aliphatic hydroxyl groups excluding tert-OH is 14. The molecule has 0 bridgehead atoms. The van der Waals surface area contributed by atoms with Crippen molar-refractivity contribution in [1.29, 1.82) is 0 Å². The second-order valence-corrected chi connectivity index (χ2v) is 16.5. The minimum atomic E-state index is -1.86. The van der Waals surface area contributed by atoms with Gasteiger partial charge in [-0.2, -0.15) is 0 Å². The summed E-state index contributed by atoms with van der Waals surface area (Å²) < 4.78 is 42.7. The van der Waals surface area contributed by atoms with Crippen LogP contribution < -0.4 is 0 Å². The average Bonchev–Trinajstić information content (AvgIpc) is 3.31. The maximum absolute atomic E-state index is 12.8. The van der Waals surface area contributed by atoms with Crippen molar-refractivity contribution in [2.45, 2.75) is 151 Å². The van der Waals surface area contributed by atoms with E-state index in [4.69, 9.17) is 37.9 Å². The van der Waals surface area contributed by atoms with E-state index in [0.717, 1.165) is 11.1 Å². The molecule has 384 valence electrons. The molecule has 1 unspecified atom stereocenters. The molecule has 4 aliphatic rings. The van der Waals surface area contributed by atoms with Crippen molar-refractivity contribution in [3.05, 3.63) is 83.1 Å². The first kappa shape index (κ1) is 56.9. The fourth-order valence-electron chi connectivity index (χ4n) is 6.84. The van der Waals surface area contributed by atoms with Gasteiger partial charge in [0.05, 0.1) is 26.4 Å². The highest BCUT2D eigenvalue weighted by atomic mass is 16.8. The van der Waals surface area contributed by atoms with E-state index in [2.05, 4.69) is 0 Å². The summed E-state index contributed by atoms with van der Waals surface area (Å²) in [6, 6.07) is 0. The fraction of sp³-hybridized carbons (Fsp3) is 0.636. The van der Waals surface area contributed by atoms with E-state index in [1.807, 2.05) is 0 Å². The second-order valence-electron chi connectivity index (χ2n) is 16.5. The fourth-order valence-corrected chi connectivity index (χ4v) is 6.84. The van der Waals surface area contributed by atoms with Crippen LogP contribution in [0.25, 0.3) is 0 Å². The number of ether oxygens (including phenoxy) is 8.